The minimum Gasteiger partial charge on any atom is -0.358 e. The number of para-hydroxylation sites is 1. The van der Waals surface area contributed by atoms with Crippen molar-refractivity contribution in [2.24, 2.45) is 5.73 Å². The quantitative estimate of drug-likeness (QED) is 0.758. The van der Waals surface area contributed by atoms with E-state index in [1.54, 1.807) is 0 Å². The van der Waals surface area contributed by atoms with Gasteiger partial charge in [-0.25, -0.2) is 0 Å². The lowest BCUT2D eigenvalue weighted by atomic mass is 9.84. The molecule has 1 saturated heterocycles. The summed E-state index contributed by atoms with van der Waals surface area (Å²) in [7, 11) is 0. The van der Waals surface area contributed by atoms with Crippen LogP contribution in [0.2, 0.25) is 0 Å². The van der Waals surface area contributed by atoms with Gasteiger partial charge >= 0.3 is 0 Å². The highest BCUT2D eigenvalue weighted by atomic mass is 16.5. The molecule has 6 nitrogen and oxygen atoms in total. The van der Waals surface area contributed by atoms with E-state index in [0.29, 0.717) is 17.6 Å². The molecule has 1 fully saturated rings. The third kappa shape index (κ3) is 1.53. The highest BCUT2D eigenvalue weighted by Gasteiger charge is 2.34. The van der Waals surface area contributed by atoms with E-state index in [4.69, 9.17) is 10.3 Å². The average molecular weight is 295 g/mol. The number of H-pyrrole nitrogens is 1. The molecular weight excluding hydrogens is 278 g/mol. The molecule has 5 heterocycles. The molecule has 0 aliphatic carbocycles. The number of rotatable bonds is 2. The molecule has 0 spiro atoms. The zero-order valence-electron chi connectivity index (χ0n) is 12.2. The van der Waals surface area contributed by atoms with Gasteiger partial charge in [0.15, 0.2) is 0 Å². The van der Waals surface area contributed by atoms with Gasteiger partial charge in [-0.05, 0) is 24.8 Å². The number of aromatic nitrogens is 3. The molecule has 112 valence electrons. The van der Waals surface area contributed by atoms with Crippen molar-refractivity contribution in [1.29, 1.82) is 0 Å². The second kappa shape index (κ2) is 4.33. The van der Waals surface area contributed by atoms with Crippen LogP contribution in [0.3, 0.4) is 0 Å². The maximum Gasteiger partial charge on any atom is 0.240 e. The van der Waals surface area contributed by atoms with Crippen LogP contribution < -0.4 is 10.6 Å². The van der Waals surface area contributed by atoms with Crippen LogP contribution in [0.15, 0.2) is 22.7 Å². The Labute approximate surface area is 127 Å². The van der Waals surface area contributed by atoms with Crippen LogP contribution in [0.5, 0.6) is 0 Å². The molecule has 1 aromatic carbocycles. The van der Waals surface area contributed by atoms with Crippen molar-refractivity contribution < 1.29 is 4.52 Å². The van der Waals surface area contributed by atoms with E-state index in [1.807, 2.05) is 6.07 Å². The lowest BCUT2D eigenvalue weighted by molar-refractivity contribution is 0.380. The number of piperidine rings is 1. The van der Waals surface area contributed by atoms with Crippen LogP contribution in [-0.2, 0) is 6.54 Å². The summed E-state index contributed by atoms with van der Waals surface area (Å²) in [5.41, 5.74) is 9.13. The predicted octanol–water partition coefficient (Wildman–Crippen LogP) is 2.37. The molecule has 2 aromatic heterocycles. The highest BCUT2D eigenvalue weighted by Crippen LogP contribution is 2.47. The molecule has 0 saturated carbocycles. The van der Waals surface area contributed by atoms with Crippen molar-refractivity contribution in [3.05, 3.63) is 29.7 Å². The Morgan fingerprint density at radius 3 is 2.95 bits per heavy atom. The number of nitrogens with zero attached hydrogens (tertiary/aromatic N) is 3. The molecule has 22 heavy (non-hydrogen) atoms. The topological polar surface area (TPSA) is 84.0 Å². The fourth-order valence-electron chi connectivity index (χ4n) is 3.91. The Hall–Kier alpha value is -2.34. The maximum absolute atomic E-state index is 5.57. The van der Waals surface area contributed by atoms with E-state index in [1.165, 1.54) is 29.6 Å². The second-order valence-electron chi connectivity index (χ2n) is 6.09. The van der Waals surface area contributed by atoms with E-state index in [9.17, 15) is 0 Å². The Kier molecular flexibility index (Phi) is 2.41. The van der Waals surface area contributed by atoms with Gasteiger partial charge in [0.05, 0.1) is 12.1 Å². The Morgan fingerprint density at radius 1 is 1.32 bits per heavy atom. The lowest BCUT2D eigenvalue weighted by Gasteiger charge is -2.40. The lowest BCUT2D eigenvalue weighted by Crippen LogP contribution is -2.38. The van der Waals surface area contributed by atoms with Crippen molar-refractivity contribution in [2.45, 2.75) is 25.3 Å². The van der Waals surface area contributed by atoms with Gasteiger partial charge in [-0.3, -0.25) is 0 Å². The number of benzene rings is 1. The van der Waals surface area contributed by atoms with Crippen molar-refractivity contribution in [2.75, 3.05) is 18.0 Å². The first-order chi connectivity index (χ1) is 10.8. The molecule has 0 radical (unpaired) electrons. The van der Waals surface area contributed by atoms with Gasteiger partial charge in [0.25, 0.3) is 0 Å². The number of nitrogens with one attached hydrogen (secondary N) is 1. The van der Waals surface area contributed by atoms with Gasteiger partial charge in [-0.15, -0.1) is 0 Å². The number of aromatic amines is 1. The third-order valence-corrected chi connectivity index (χ3v) is 4.96. The summed E-state index contributed by atoms with van der Waals surface area (Å²) in [5.74, 6) is 3.03. The van der Waals surface area contributed by atoms with Crippen molar-refractivity contribution >= 4 is 16.7 Å². The molecule has 6 rings (SSSR count). The number of hydrogen-bond acceptors (Lipinski definition) is 5. The van der Waals surface area contributed by atoms with E-state index in [-0.39, 0.29) is 6.54 Å². The minimum absolute atomic E-state index is 0.264. The van der Waals surface area contributed by atoms with E-state index < -0.39 is 0 Å². The van der Waals surface area contributed by atoms with Gasteiger partial charge in [0.2, 0.25) is 11.7 Å². The maximum atomic E-state index is 5.57. The molecule has 6 heteroatoms. The van der Waals surface area contributed by atoms with Gasteiger partial charge in [0, 0.05) is 29.6 Å². The zero-order valence-corrected chi connectivity index (χ0v) is 12.2. The van der Waals surface area contributed by atoms with E-state index in [0.717, 1.165) is 24.2 Å². The van der Waals surface area contributed by atoms with Gasteiger partial charge in [-0.1, -0.05) is 17.3 Å². The van der Waals surface area contributed by atoms with Gasteiger partial charge < -0.3 is 20.1 Å². The fraction of sp³-hybridized carbons (Fsp3) is 0.375. The average Bonchev–Trinajstić information content (AvgIpc) is 3.21. The van der Waals surface area contributed by atoms with Crippen LogP contribution in [0.25, 0.3) is 22.3 Å². The number of anilines is 1. The Morgan fingerprint density at radius 2 is 2.18 bits per heavy atom. The molecular formula is C16H17N5O. The smallest absolute Gasteiger partial charge is 0.240 e. The summed E-state index contributed by atoms with van der Waals surface area (Å²) >= 11 is 0. The Bertz CT molecular complexity index is 857. The number of nitrogens with two attached hydrogens (primary N) is 1. The summed E-state index contributed by atoms with van der Waals surface area (Å²) < 4.78 is 5.16. The molecule has 0 unspecified atom stereocenters. The fourth-order valence-corrected chi connectivity index (χ4v) is 3.91. The predicted molar refractivity (Wildman–Crippen MR) is 83.7 cm³/mol. The highest BCUT2D eigenvalue weighted by molar-refractivity contribution is 5.99. The van der Waals surface area contributed by atoms with Gasteiger partial charge in [-0.2, -0.15) is 4.98 Å². The largest absolute Gasteiger partial charge is 0.358 e. The molecule has 3 aromatic rings. The summed E-state index contributed by atoms with van der Waals surface area (Å²) in [4.78, 5) is 10.4. The van der Waals surface area contributed by atoms with Crippen LogP contribution in [0, 0.1) is 0 Å². The van der Waals surface area contributed by atoms with Crippen LogP contribution in [0.1, 0.15) is 30.2 Å². The normalized spacial score (nSPS) is 17.4. The van der Waals surface area contributed by atoms with Crippen LogP contribution >= 0.6 is 0 Å². The molecule has 3 aliphatic rings. The first-order valence-electron chi connectivity index (χ1n) is 7.77. The standard InChI is InChI=1S/C16H17N5O/c17-8-12-18-15(20-22-12)11-3-1-2-10-13-9-4-6-21(7-5-9)16(13)19-14(10)11/h1-3,9,19H,4-8,17H2. The molecule has 3 N–H and O–H groups in total. The summed E-state index contributed by atoms with van der Waals surface area (Å²) in [6.45, 7) is 2.57. The van der Waals surface area contributed by atoms with Crippen molar-refractivity contribution in [3.8, 4) is 11.4 Å². The molecule has 3 aliphatic heterocycles. The summed E-state index contributed by atoms with van der Waals surface area (Å²) in [6, 6.07) is 6.30. The van der Waals surface area contributed by atoms with E-state index in [2.05, 4.69) is 32.2 Å². The zero-order chi connectivity index (χ0) is 14.7. The summed E-state index contributed by atoms with van der Waals surface area (Å²) in [5, 5.41) is 5.36. The monoisotopic (exact) mass is 295 g/mol. The SMILES string of the molecule is NCc1nc(-c2cccc3c4c([nH]c23)N2CCC4CC2)no1. The van der Waals surface area contributed by atoms with Gasteiger partial charge in [0.1, 0.15) is 5.82 Å². The Balaban J connectivity index is 1.76. The van der Waals surface area contributed by atoms with Crippen molar-refractivity contribution in [1.82, 2.24) is 15.1 Å². The first-order valence-corrected chi connectivity index (χ1v) is 7.77. The summed E-state index contributed by atoms with van der Waals surface area (Å²) in [6.07, 6.45) is 2.51. The van der Waals surface area contributed by atoms with Crippen LogP contribution in [-0.4, -0.2) is 28.2 Å². The first kappa shape index (κ1) is 12.2. The minimum atomic E-state index is 0.264. The third-order valence-electron chi connectivity index (χ3n) is 4.96. The molecule has 2 bridgehead atoms. The number of fused-ring (bicyclic) bond motifs is 3. The molecule has 0 amide bonds. The molecule has 0 atom stereocenters. The van der Waals surface area contributed by atoms with E-state index >= 15 is 0 Å². The second-order valence-corrected chi connectivity index (χ2v) is 6.09. The number of hydrogen-bond donors (Lipinski definition) is 2. The van der Waals surface area contributed by atoms with Crippen LogP contribution in [0.4, 0.5) is 5.82 Å². The van der Waals surface area contributed by atoms with Crippen molar-refractivity contribution in [3.63, 3.8) is 0 Å².